The summed E-state index contributed by atoms with van der Waals surface area (Å²) in [5.41, 5.74) is 1.12. The van der Waals surface area contributed by atoms with Gasteiger partial charge in [-0.25, -0.2) is 17.6 Å². The summed E-state index contributed by atoms with van der Waals surface area (Å²) in [7, 11) is 0. The average molecular weight is 421 g/mol. The first-order chi connectivity index (χ1) is 14.5. The molecule has 30 heavy (non-hydrogen) atoms. The van der Waals surface area contributed by atoms with Crippen molar-refractivity contribution >= 4 is 6.08 Å². The highest BCUT2D eigenvalue weighted by atomic mass is 19.2. The van der Waals surface area contributed by atoms with Crippen molar-refractivity contribution in [3.05, 3.63) is 75.9 Å². The zero-order valence-corrected chi connectivity index (χ0v) is 17.4. The second-order valence-electron chi connectivity index (χ2n) is 7.87. The van der Waals surface area contributed by atoms with Gasteiger partial charge in [0.2, 0.25) is 0 Å². The zero-order chi connectivity index (χ0) is 21.7. The highest BCUT2D eigenvalue weighted by molar-refractivity contribution is 5.51. The highest BCUT2D eigenvalue weighted by Gasteiger charge is 2.25. The topological polar surface area (TPSA) is 0 Å². The molecule has 0 saturated heterocycles. The van der Waals surface area contributed by atoms with E-state index in [1.54, 1.807) is 31.2 Å². The predicted octanol–water partition coefficient (Wildman–Crippen LogP) is 8.29. The molecule has 1 aliphatic rings. The lowest BCUT2D eigenvalue weighted by Crippen LogP contribution is -2.14. The van der Waals surface area contributed by atoms with Gasteiger partial charge in [0.15, 0.2) is 23.3 Å². The molecule has 0 atom stereocenters. The molecule has 0 N–H and O–H groups in total. The number of benzene rings is 2. The molecule has 3 rings (SSSR count). The highest BCUT2D eigenvalue weighted by Crippen LogP contribution is 2.38. The Morgan fingerprint density at radius 3 is 2.33 bits per heavy atom. The minimum atomic E-state index is -0.882. The van der Waals surface area contributed by atoms with Crippen molar-refractivity contribution in [1.82, 2.24) is 0 Å². The van der Waals surface area contributed by atoms with Crippen LogP contribution in [0.2, 0.25) is 0 Å². The molecule has 0 heterocycles. The quantitative estimate of drug-likeness (QED) is 0.337. The van der Waals surface area contributed by atoms with E-state index in [1.807, 2.05) is 13.0 Å². The second-order valence-corrected chi connectivity index (χ2v) is 7.87. The number of halogens is 4. The van der Waals surface area contributed by atoms with Crippen molar-refractivity contribution < 1.29 is 21.8 Å². The molecule has 2 aromatic carbocycles. The SMILES string of the molecule is CC#Cc1ccc(C2CCC(/C=C/c3ccc(CCC)c(F)c3F)CC2)c(F)c1F.[HH].[HH].[HH]. The largest absolute Gasteiger partial charge is 0.203 e. The van der Waals surface area contributed by atoms with E-state index in [0.717, 1.165) is 32.1 Å². The number of hydrogen-bond acceptors (Lipinski definition) is 0. The monoisotopic (exact) mass is 420 g/mol. The summed E-state index contributed by atoms with van der Waals surface area (Å²) in [5.74, 6) is 2.06. The van der Waals surface area contributed by atoms with Crippen LogP contribution in [0.15, 0.2) is 30.3 Å². The molecule has 164 valence electrons. The van der Waals surface area contributed by atoms with Gasteiger partial charge < -0.3 is 0 Å². The Morgan fingerprint density at radius 1 is 0.933 bits per heavy atom. The van der Waals surface area contributed by atoms with Crippen molar-refractivity contribution in [2.45, 2.75) is 58.3 Å². The lowest BCUT2D eigenvalue weighted by atomic mass is 9.78. The molecule has 1 fully saturated rings. The van der Waals surface area contributed by atoms with Gasteiger partial charge in [-0.2, -0.15) is 0 Å². The first-order valence-electron chi connectivity index (χ1n) is 10.5. The normalized spacial score (nSPS) is 19.0. The minimum Gasteiger partial charge on any atom is -0.203 e. The maximum absolute atomic E-state index is 14.5. The van der Waals surface area contributed by atoms with E-state index in [4.69, 9.17) is 0 Å². The molecule has 1 saturated carbocycles. The summed E-state index contributed by atoms with van der Waals surface area (Å²) in [6.07, 6.45) is 7.83. The maximum Gasteiger partial charge on any atom is 0.174 e. The summed E-state index contributed by atoms with van der Waals surface area (Å²) >= 11 is 0. The minimum absolute atomic E-state index is 0. The molecular weight excluding hydrogens is 388 g/mol. The average Bonchev–Trinajstić information content (AvgIpc) is 2.75. The van der Waals surface area contributed by atoms with E-state index >= 15 is 0 Å². The van der Waals surface area contributed by atoms with Crippen LogP contribution in [-0.2, 0) is 6.42 Å². The van der Waals surface area contributed by atoms with Gasteiger partial charge in [0, 0.05) is 9.84 Å². The fourth-order valence-electron chi connectivity index (χ4n) is 4.17. The Hall–Kier alpha value is -2.54. The molecule has 0 bridgehead atoms. The summed E-state index contributed by atoms with van der Waals surface area (Å²) in [6.45, 7) is 3.51. The van der Waals surface area contributed by atoms with E-state index in [-0.39, 0.29) is 27.2 Å². The van der Waals surface area contributed by atoms with Gasteiger partial charge in [-0.3, -0.25) is 0 Å². The van der Waals surface area contributed by atoms with Gasteiger partial charge in [0.05, 0.1) is 5.56 Å². The number of rotatable bonds is 5. The first kappa shape index (κ1) is 22.2. The van der Waals surface area contributed by atoms with Crippen LogP contribution in [0.4, 0.5) is 17.6 Å². The van der Waals surface area contributed by atoms with Crippen LogP contribution in [0.1, 0.15) is 78.4 Å². The van der Waals surface area contributed by atoms with Gasteiger partial charge in [0.1, 0.15) is 0 Å². The molecule has 0 unspecified atom stereocenters. The van der Waals surface area contributed by atoms with Crippen molar-refractivity contribution in [3.63, 3.8) is 0 Å². The molecule has 2 aromatic rings. The molecule has 0 radical (unpaired) electrons. The van der Waals surface area contributed by atoms with Gasteiger partial charge >= 0.3 is 0 Å². The molecule has 0 spiro atoms. The smallest absolute Gasteiger partial charge is 0.174 e. The maximum atomic E-state index is 14.5. The third kappa shape index (κ3) is 4.78. The molecule has 1 aliphatic carbocycles. The van der Waals surface area contributed by atoms with Crippen LogP contribution in [0, 0.1) is 41.0 Å². The van der Waals surface area contributed by atoms with Crippen LogP contribution < -0.4 is 0 Å². The van der Waals surface area contributed by atoms with Gasteiger partial charge in [-0.05, 0) is 68.1 Å². The Bertz CT molecular complexity index is 1000. The van der Waals surface area contributed by atoms with Gasteiger partial charge in [0.25, 0.3) is 0 Å². The third-order valence-corrected chi connectivity index (χ3v) is 5.84. The number of hydrogen-bond donors (Lipinski definition) is 0. The number of allylic oxidation sites excluding steroid dienone is 1. The molecule has 4 heteroatoms. The van der Waals surface area contributed by atoms with E-state index < -0.39 is 23.3 Å². The van der Waals surface area contributed by atoms with Crippen LogP contribution >= 0.6 is 0 Å². The van der Waals surface area contributed by atoms with Crippen LogP contribution in [0.5, 0.6) is 0 Å². The van der Waals surface area contributed by atoms with E-state index in [0.29, 0.717) is 17.5 Å². The van der Waals surface area contributed by atoms with Gasteiger partial charge in [-0.1, -0.05) is 49.6 Å². The lowest BCUT2D eigenvalue weighted by Gasteiger charge is -2.27. The van der Waals surface area contributed by atoms with E-state index in [1.165, 1.54) is 6.07 Å². The Kier molecular flexibility index (Phi) is 7.37. The van der Waals surface area contributed by atoms with E-state index in [9.17, 15) is 17.6 Å². The first-order valence-corrected chi connectivity index (χ1v) is 10.5. The van der Waals surface area contributed by atoms with E-state index in [2.05, 4.69) is 11.8 Å². The third-order valence-electron chi connectivity index (χ3n) is 5.84. The van der Waals surface area contributed by atoms with Crippen molar-refractivity contribution in [2.75, 3.05) is 0 Å². The van der Waals surface area contributed by atoms with Crippen molar-refractivity contribution in [2.24, 2.45) is 5.92 Å². The summed E-state index contributed by atoms with van der Waals surface area (Å²) in [5, 5.41) is 0. The molecule has 0 aromatic heterocycles. The lowest BCUT2D eigenvalue weighted by molar-refractivity contribution is 0.364. The summed E-state index contributed by atoms with van der Waals surface area (Å²) in [4.78, 5) is 0. The fraction of sp³-hybridized carbons (Fsp3) is 0.385. The number of aryl methyl sites for hydroxylation is 1. The Balaban J connectivity index is 0.00000341. The fourth-order valence-corrected chi connectivity index (χ4v) is 4.17. The Morgan fingerprint density at radius 2 is 1.67 bits per heavy atom. The molecule has 0 nitrogen and oxygen atoms in total. The van der Waals surface area contributed by atoms with Crippen LogP contribution in [-0.4, -0.2) is 0 Å². The van der Waals surface area contributed by atoms with Crippen LogP contribution in [0.3, 0.4) is 0 Å². The summed E-state index contributed by atoms with van der Waals surface area (Å²) in [6, 6.07) is 6.43. The van der Waals surface area contributed by atoms with Crippen molar-refractivity contribution in [3.8, 4) is 11.8 Å². The molecule has 0 amide bonds. The summed E-state index contributed by atoms with van der Waals surface area (Å²) < 4.78 is 57.1. The predicted molar refractivity (Wildman–Crippen MR) is 119 cm³/mol. The standard InChI is InChI=1S/C26H26F4.3H2/c1-3-5-19-13-14-21(24(28)23(19)27)12-9-17-7-10-18(11-8-17)22-16-15-20(6-4-2)25(29)26(22)30;;;/h9,12-18H,3,5,7-8,10-11H2,1-2H3;3*1H/b12-9+;;;. The van der Waals surface area contributed by atoms with Crippen molar-refractivity contribution in [1.29, 1.82) is 0 Å². The molecule has 0 aliphatic heterocycles. The van der Waals surface area contributed by atoms with Gasteiger partial charge in [-0.15, -0.1) is 5.92 Å². The molecular formula is C26H32F4. The zero-order valence-electron chi connectivity index (χ0n) is 17.4. The second kappa shape index (κ2) is 9.98. The Labute approximate surface area is 180 Å². The van der Waals surface area contributed by atoms with Crippen LogP contribution in [0.25, 0.3) is 6.08 Å².